The molecular weight excluding hydrogens is 236 g/mol. The highest BCUT2D eigenvalue weighted by molar-refractivity contribution is 5.78. The molecule has 0 unspecified atom stereocenters. The summed E-state index contributed by atoms with van der Waals surface area (Å²) in [6.07, 6.45) is 8.89. The van der Waals surface area contributed by atoms with Gasteiger partial charge in [0.25, 0.3) is 0 Å². The van der Waals surface area contributed by atoms with Crippen molar-refractivity contribution >= 4 is 5.91 Å². The van der Waals surface area contributed by atoms with Crippen molar-refractivity contribution < 1.29 is 4.79 Å². The van der Waals surface area contributed by atoms with Crippen molar-refractivity contribution in [2.24, 2.45) is 5.41 Å². The second-order valence-electron chi connectivity index (χ2n) is 7.34. The number of nitrogens with zero attached hydrogens (tertiary/aromatic N) is 1. The van der Waals surface area contributed by atoms with Gasteiger partial charge in [-0.05, 0) is 25.3 Å². The first kappa shape index (κ1) is 16.5. The third-order valence-corrected chi connectivity index (χ3v) is 3.63. The largest absolute Gasteiger partial charge is 0.352 e. The van der Waals surface area contributed by atoms with E-state index >= 15 is 0 Å². The van der Waals surface area contributed by atoms with E-state index in [0.717, 1.165) is 19.4 Å². The zero-order valence-electron chi connectivity index (χ0n) is 13.3. The summed E-state index contributed by atoms with van der Waals surface area (Å²) in [4.78, 5) is 14.2. The van der Waals surface area contributed by atoms with E-state index in [9.17, 15) is 4.79 Å². The SMILES string of the molecule is CN(CC(=O)NC1CCCCCCC1)CC(C)(C)C. The molecule has 0 aromatic heterocycles. The molecule has 0 spiro atoms. The van der Waals surface area contributed by atoms with Gasteiger partial charge >= 0.3 is 0 Å². The Hall–Kier alpha value is -0.570. The molecule has 0 atom stereocenters. The van der Waals surface area contributed by atoms with E-state index < -0.39 is 0 Å². The van der Waals surface area contributed by atoms with Gasteiger partial charge in [0.15, 0.2) is 0 Å². The maximum Gasteiger partial charge on any atom is 0.234 e. The Morgan fingerprint density at radius 1 is 1.11 bits per heavy atom. The summed E-state index contributed by atoms with van der Waals surface area (Å²) in [5, 5.41) is 3.22. The van der Waals surface area contributed by atoms with Crippen LogP contribution in [0.25, 0.3) is 0 Å². The van der Waals surface area contributed by atoms with Crippen LogP contribution in [0.4, 0.5) is 0 Å². The van der Waals surface area contributed by atoms with Crippen molar-refractivity contribution in [1.29, 1.82) is 0 Å². The standard InChI is InChI=1S/C16H32N2O/c1-16(2,3)13-18(4)12-15(19)17-14-10-8-6-5-7-9-11-14/h14H,5-13H2,1-4H3,(H,17,19). The van der Waals surface area contributed by atoms with Gasteiger partial charge in [-0.15, -0.1) is 0 Å². The molecule has 1 rings (SSSR count). The molecule has 3 heteroatoms. The Morgan fingerprint density at radius 2 is 1.63 bits per heavy atom. The van der Waals surface area contributed by atoms with Crippen molar-refractivity contribution in [1.82, 2.24) is 10.2 Å². The van der Waals surface area contributed by atoms with E-state index in [0.29, 0.717) is 12.6 Å². The van der Waals surface area contributed by atoms with Gasteiger partial charge in [0.2, 0.25) is 5.91 Å². The van der Waals surface area contributed by atoms with E-state index in [-0.39, 0.29) is 11.3 Å². The molecule has 1 fully saturated rings. The number of amides is 1. The molecule has 3 nitrogen and oxygen atoms in total. The zero-order valence-corrected chi connectivity index (χ0v) is 13.3. The molecule has 0 radical (unpaired) electrons. The lowest BCUT2D eigenvalue weighted by atomic mass is 9.96. The Bertz CT molecular complexity index is 262. The maximum absolute atomic E-state index is 12.1. The number of rotatable bonds is 4. The molecule has 0 saturated heterocycles. The van der Waals surface area contributed by atoms with Crippen molar-refractivity contribution in [2.45, 2.75) is 71.8 Å². The van der Waals surface area contributed by atoms with Gasteiger partial charge < -0.3 is 5.32 Å². The van der Waals surface area contributed by atoms with E-state index in [1.807, 2.05) is 7.05 Å². The Morgan fingerprint density at radius 3 is 2.16 bits per heavy atom. The van der Waals surface area contributed by atoms with Crippen LogP contribution >= 0.6 is 0 Å². The lowest BCUT2D eigenvalue weighted by Gasteiger charge is -2.27. The predicted molar refractivity (Wildman–Crippen MR) is 81.2 cm³/mol. The van der Waals surface area contributed by atoms with Crippen LogP contribution in [0.3, 0.4) is 0 Å². The fourth-order valence-electron chi connectivity index (χ4n) is 2.98. The molecule has 1 N–H and O–H groups in total. The average molecular weight is 268 g/mol. The number of carbonyl (C=O) groups excluding carboxylic acids is 1. The van der Waals surface area contributed by atoms with Crippen molar-refractivity contribution in [2.75, 3.05) is 20.1 Å². The summed E-state index contributed by atoms with van der Waals surface area (Å²) >= 11 is 0. The third-order valence-electron chi connectivity index (χ3n) is 3.63. The molecule has 0 aromatic rings. The Kier molecular flexibility index (Phi) is 6.84. The topological polar surface area (TPSA) is 32.3 Å². The van der Waals surface area contributed by atoms with Gasteiger partial charge in [-0.1, -0.05) is 52.9 Å². The molecule has 0 bridgehead atoms. The van der Waals surface area contributed by atoms with Gasteiger partial charge in [0.1, 0.15) is 0 Å². The minimum absolute atomic E-state index is 0.192. The van der Waals surface area contributed by atoms with Gasteiger partial charge in [-0.2, -0.15) is 0 Å². The Balaban J connectivity index is 2.28. The average Bonchev–Trinajstić information content (AvgIpc) is 2.18. The highest BCUT2D eigenvalue weighted by Crippen LogP contribution is 2.17. The van der Waals surface area contributed by atoms with Crippen LogP contribution in [0.15, 0.2) is 0 Å². The molecule has 1 aliphatic carbocycles. The van der Waals surface area contributed by atoms with Crippen LogP contribution in [0, 0.1) is 5.41 Å². The van der Waals surface area contributed by atoms with E-state index in [1.54, 1.807) is 0 Å². The summed E-state index contributed by atoms with van der Waals surface area (Å²) in [6.45, 7) is 8.08. The lowest BCUT2D eigenvalue weighted by molar-refractivity contribution is -0.123. The van der Waals surface area contributed by atoms with Crippen LogP contribution in [0.2, 0.25) is 0 Å². The zero-order chi connectivity index (χ0) is 14.3. The second kappa shape index (κ2) is 7.88. The van der Waals surface area contributed by atoms with Crippen LogP contribution in [0.1, 0.15) is 65.7 Å². The van der Waals surface area contributed by atoms with E-state index in [4.69, 9.17) is 0 Å². The normalized spacial score (nSPS) is 19.0. The minimum Gasteiger partial charge on any atom is -0.352 e. The molecule has 0 aliphatic heterocycles. The van der Waals surface area contributed by atoms with Crippen LogP contribution in [-0.4, -0.2) is 37.0 Å². The number of likely N-dealkylation sites (N-methyl/N-ethyl adjacent to an activating group) is 1. The van der Waals surface area contributed by atoms with Crippen LogP contribution < -0.4 is 5.32 Å². The van der Waals surface area contributed by atoms with Crippen molar-refractivity contribution in [3.8, 4) is 0 Å². The number of carbonyl (C=O) groups is 1. The molecule has 1 amide bonds. The lowest BCUT2D eigenvalue weighted by Crippen LogP contribution is -2.43. The van der Waals surface area contributed by atoms with E-state index in [1.165, 1.54) is 32.1 Å². The Labute approximate surface area is 119 Å². The predicted octanol–water partition coefficient (Wildman–Crippen LogP) is 3.19. The van der Waals surface area contributed by atoms with Gasteiger partial charge in [-0.25, -0.2) is 0 Å². The smallest absolute Gasteiger partial charge is 0.234 e. The van der Waals surface area contributed by atoms with E-state index in [2.05, 4.69) is 31.0 Å². The van der Waals surface area contributed by atoms with Gasteiger partial charge in [-0.3, -0.25) is 9.69 Å². The van der Waals surface area contributed by atoms with Gasteiger partial charge in [0, 0.05) is 12.6 Å². The second-order valence-corrected chi connectivity index (χ2v) is 7.34. The summed E-state index contributed by atoms with van der Waals surface area (Å²) in [6, 6.07) is 0.413. The highest BCUT2D eigenvalue weighted by atomic mass is 16.2. The molecule has 0 heterocycles. The molecular formula is C16H32N2O. The first-order chi connectivity index (χ1) is 8.87. The number of hydrogen-bond acceptors (Lipinski definition) is 2. The third kappa shape index (κ3) is 8.25. The molecule has 0 aromatic carbocycles. The fraction of sp³-hybridized carbons (Fsp3) is 0.938. The molecule has 1 saturated carbocycles. The van der Waals surface area contributed by atoms with Gasteiger partial charge in [0.05, 0.1) is 6.54 Å². The van der Waals surface area contributed by atoms with Crippen molar-refractivity contribution in [3.63, 3.8) is 0 Å². The number of hydrogen-bond donors (Lipinski definition) is 1. The summed E-state index contributed by atoms with van der Waals surface area (Å²) in [5.74, 6) is 0.192. The van der Waals surface area contributed by atoms with Crippen LogP contribution in [0.5, 0.6) is 0 Å². The molecule has 1 aliphatic rings. The monoisotopic (exact) mass is 268 g/mol. The van der Waals surface area contributed by atoms with Crippen LogP contribution in [-0.2, 0) is 4.79 Å². The highest BCUT2D eigenvalue weighted by Gasteiger charge is 2.18. The first-order valence-electron chi connectivity index (χ1n) is 7.85. The molecule has 112 valence electrons. The summed E-state index contributed by atoms with van der Waals surface area (Å²) in [5.41, 5.74) is 0.245. The number of nitrogens with one attached hydrogen (secondary N) is 1. The summed E-state index contributed by atoms with van der Waals surface area (Å²) < 4.78 is 0. The summed E-state index contributed by atoms with van der Waals surface area (Å²) in [7, 11) is 2.03. The first-order valence-corrected chi connectivity index (χ1v) is 7.85. The van der Waals surface area contributed by atoms with Crippen molar-refractivity contribution in [3.05, 3.63) is 0 Å². The molecule has 19 heavy (non-hydrogen) atoms. The minimum atomic E-state index is 0.192. The fourth-order valence-corrected chi connectivity index (χ4v) is 2.98. The quantitative estimate of drug-likeness (QED) is 0.849. The maximum atomic E-state index is 12.1.